The Morgan fingerprint density at radius 2 is 1.68 bits per heavy atom. The summed E-state index contributed by atoms with van der Waals surface area (Å²) < 4.78 is 13.6. The molecule has 1 rings (SSSR count). The van der Waals surface area contributed by atoms with E-state index in [2.05, 4.69) is 19.2 Å². The molecule has 0 aromatic heterocycles. The van der Waals surface area contributed by atoms with E-state index in [4.69, 9.17) is 0 Å². The second-order valence-electron chi connectivity index (χ2n) is 5.79. The van der Waals surface area contributed by atoms with Gasteiger partial charge in [0.15, 0.2) is 0 Å². The molecule has 1 aromatic rings. The molecule has 0 fully saturated rings. The number of aliphatic hydroxyl groups is 1. The zero-order chi connectivity index (χ0) is 14.6. The van der Waals surface area contributed by atoms with Crippen molar-refractivity contribution in [2.45, 2.75) is 53.2 Å². The van der Waals surface area contributed by atoms with Crippen LogP contribution in [0.15, 0.2) is 12.1 Å². The van der Waals surface area contributed by atoms with Gasteiger partial charge < -0.3 is 10.4 Å². The average molecular weight is 267 g/mol. The fourth-order valence-electron chi connectivity index (χ4n) is 2.39. The number of nitrogens with one attached hydrogen (secondary N) is 1. The molecule has 0 saturated carbocycles. The first-order chi connectivity index (χ1) is 8.81. The highest BCUT2D eigenvalue weighted by Crippen LogP contribution is 2.20. The molecular formula is C16H26FNO. The van der Waals surface area contributed by atoms with Crippen molar-refractivity contribution in [3.8, 4) is 0 Å². The van der Waals surface area contributed by atoms with Crippen LogP contribution in [-0.4, -0.2) is 17.8 Å². The molecule has 0 spiro atoms. The van der Waals surface area contributed by atoms with E-state index in [1.165, 1.54) is 0 Å². The number of benzene rings is 1. The van der Waals surface area contributed by atoms with Crippen LogP contribution in [0.3, 0.4) is 0 Å². The fraction of sp³-hybridized carbons (Fsp3) is 0.625. The lowest BCUT2D eigenvalue weighted by Crippen LogP contribution is -2.26. The Morgan fingerprint density at radius 1 is 1.16 bits per heavy atom. The summed E-state index contributed by atoms with van der Waals surface area (Å²) in [6.07, 6.45) is 0.531. The van der Waals surface area contributed by atoms with Crippen molar-refractivity contribution < 1.29 is 9.50 Å². The van der Waals surface area contributed by atoms with E-state index < -0.39 is 0 Å². The normalized spacial score (nSPS) is 16.2. The average Bonchev–Trinajstić information content (AvgIpc) is 2.31. The van der Waals surface area contributed by atoms with Crippen molar-refractivity contribution >= 4 is 0 Å². The molecule has 3 unspecified atom stereocenters. The van der Waals surface area contributed by atoms with Crippen LogP contribution in [0.2, 0.25) is 0 Å². The minimum atomic E-state index is -0.262. The Kier molecular flexibility index (Phi) is 5.95. The van der Waals surface area contributed by atoms with Crippen LogP contribution in [0.4, 0.5) is 4.39 Å². The van der Waals surface area contributed by atoms with Crippen molar-refractivity contribution in [2.75, 3.05) is 6.54 Å². The summed E-state index contributed by atoms with van der Waals surface area (Å²) in [7, 11) is 0. The third kappa shape index (κ3) is 4.92. The number of aryl methyl sites for hydroxylation is 2. The Morgan fingerprint density at radius 3 is 2.16 bits per heavy atom. The highest BCUT2D eigenvalue weighted by molar-refractivity contribution is 5.32. The second-order valence-corrected chi connectivity index (χ2v) is 5.79. The van der Waals surface area contributed by atoms with Crippen LogP contribution >= 0.6 is 0 Å². The van der Waals surface area contributed by atoms with Gasteiger partial charge in [0.1, 0.15) is 5.82 Å². The van der Waals surface area contributed by atoms with Gasteiger partial charge in [-0.15, -0.1) is 0 Å². The molecule has 0 heterocycles. The molecule has 0 amide bonds. The number of aliphatic hydroxyl groups excluding tert-OH is 1. The molecule has 1 aromatic carbocycles. The summed E-state index contributed by atoms with van der Waals surface area (Å²) in [6, 6.07) is 3.99. The Balaban J connectivity index is 2.61. The molecule has 0 bridgehead atoms. The van der Waals surface area contributed by atoms with Gasteiger partial charge >= 0.3 is 0 Å². The zero-order valence-corrected chi connectivity index (χ0v) is 12.6. The maximum Gasteiger partial charge on any atom is 0.129 e. The Hall–Kier alpha value is -0.930. The monoisotopic (exact) mass is 267 g/mol. The minimum Gasteiger partial charge on any atom is -0.393 e. The quantitative estimate of drug-likeness (QED) is 0.827. The first-order valence-electron chi connectivity index (χ1n) is 6.99. The van der Waals surface area contributed by atoms with E-state index in [1.54, 1.807) is 13.8 Å². The van der Waals surface area contributed by atoms with E-state index in [0.717, 1.165) is 18.5 Å². The van der Waals surface area contributed by atoms with Crippen LogP contribution in [0, 0.1) is 25.6 Å². The van der Waals surface area contributed by atoms with Gasteiger partial charge in [-0.25, -0.2) is 4.39 Å². The van der Waals surface area contributed by atoms with Gasteiger partial charge in [-0.2, -0.15) is 0 Å². The summed E-state index contributed by atoms with van der Waals surface area (Å²) in [4.78, 5) is 0. The number of hydrogen-bond donors (Lipinski definition) is 2. The van der Waals surface area contributed by atoms with Crippen LogP contribution in [-0.2, 0) is 0 Å². The minimum absolute atomic E-state index is 0.113. The van der Waals surface area contributed by atoms with Crippen molar-refractivity contribution in [3.63, 3.8) is 0 Å². The molecule has 3 atom stereocenters. The summed E-state index contributed by atoms with van der Waals surface area (Å²) in [5.41, 5.74) is 2.50. The molecular weight excluding hydrogens is 241 g/mol. The third-order valence-electron chi connectivity index (χ3n) is 3.47. The largest absolute Gasteiger partial charge is 0.393 e. The maximum absolute atomic E-state index is 13.6. The second kappa shape index (κ2) is 7.01. The van der Waals surface area contributed by atoms with Crippen molar-refractivity contribution in [2.24, 2.45) is 5.92 Å². The standard InChI is InChI=1S/C16H26FNO/c1-10(6-13(4)19)9-18-14(5)15-7-11(2)16(17)12(3)8-15/h7-8,10,13-14,18-19H,6,9H2,1-5H3. The molecule has 0 aliphatic carbocycles. The molecule has 0 aliphatic heterocycles. The van der Waals surface area contributed by atoms with Gasteiger partial charge in [0.05, 0.1) is 6.10 Å². The summed E-state index contributed by atoms with van der Waals surface area (Å²) in [5.74, 6) is 0.309. The van der Waals surface area contributed by atoms with Crippen molar-refractivity contribution in [1.29, 1.82) is 0 Å². The summed E-state index contributed by atoms with van der Waals surface area (Å²) in [6.45, 7) is 10.5. The predicted octanol–water partition coefficient (Wildman–Crippen LogP) is 3.50. The fourth-order valence-corrected chi connectivity index (χ4v) is 2.39. The van der Waals surface area contributed by atoms with Gasteiger partial charge in [0, 0.05) is 6.04 Å². The molecule has 3 heteroatoms. The highest BCUT2D eigenvalue weighted by Gasteiger charge is 2.12. The van der Waals surface area contributed by atoms with Crippen LogP contribution in [0.1, 0.15) is 49.9 Å². The number of halogens is 1. The number of hydrogen-bond acceptors (Lipinski definition) is 2. The van der Waals surface area contributed by atoms with Crippen LogP contribution in [0.25, 0.3) is 0 Å². The van der Waals surface area contributed by atoms with E-state index in [-0.39, 0.29) is 18.0 Å². The third-order valence-corrected chi connectivity index (χ3v) is 3.47. The lowest BCUT2D eigenvalue weighted by Gasteiger charge is -2.20. The summed E-state index contributed by atoms with van der Waals surface area (Å²) >= 11 is 0. The van der Waals surface area contributed by atoms with E-state index in [0.29, 0.717) is 17.0 Å². The lowest BCUT2D eigenvalue weighted by molar-refractivity contribution is 0.162. The first-order valence-corrected chi connectivity index (χ1v) is 6.99. The SMILES string of the molecule is Cc1cc(C(C)NCC(C)CC(C)O)cc(C)c1F. The molecule has 2 N–H and O–H groups in total. The lowest BCUT2D eigenvalue weighted by atomic mass is 10.00. The molecule has 19 heavy (non-hydrogen) atoms. The summed E-state index contributed by atoms with van der Waals surface area (Å²) in [5, 5.41) is 12.8. The zero-order valence-electron chi connectivity index (χ0n) is 12.6. The van der Waals surface area contributed by atoms with Crippen LogP contribution in [0.5, 0.6) is 0 Å². The first kappa shape index (κ1) is 16.1. The highest BCUT2D eigenvalue weighted by atomic mass is 19.1. The van der Waals surface area contributed by atoms with Gasteiger partial charge in [-0.1, -0.05) is 19.1 Å². The van der Waals surface area contributed by atoms with Crippen molar-refractivity contribution in [3.05, 3.63) is 34.6 Å². The number of rotatable bonds is 6. The molecule has 0 saturated heterocycles. The Bertz CT molecular complexity index is 394. The predicted molar refractivity (Wildman–Crippen MR) is 77.8 cm³/mol. The van der Waals surface area contributed by atoms with E-state index in [1.807, 2.05) is 19.1 Å². The van der Waals surface area contributed by atoms with E-state index in [9.17, 15) is 9.50 Å². The molecule has 2 nitrogen and oxygen atoms in total. The molecule has 0 radical (unpaired) electrons. The Labute approximate surface area is 116 Å². The van der Waals surface area contributed by atoms with Gasteiger partial charge in [0.25, 0.3) is 0 Å². The van der Waals surface area contributed by atoms with Gasteiger partial charge in [0.2, 0.25) is 0 Å². The van der Waals surface area contributed by atoms with Crippen molar-refractivity contribution in [1.82, 2.24) is 5.32 Å². The smallest absolute Gasteiger partial charge is 0.129 e. The topological polar surface area (TPSA) is 32.3 Å². The van der Waals surface area contributed by atoms with E-state index >= 15 is 0 Å². The van der Waals surface area contributed by atoms with Gasteiger partial charge in [-0.05, 0) is 63.3 Å². The molecule has 108 valence electrons. The maximum atomic E-state index is 13.6. The van der Waals surface area contributed by atoms with Crippen LogP contribution < -0.4 is 5.32 Å². The van der Waals surface area contributed by atoms with Gasteiger partial charge in [-0.3, -0.25) is 0 Å². The molecule has 0 aliphatic rings.